The number of nitrogens with zero attached hydrogens (tertiary/aromatic N) is 4. The number of alkyl carbamates (subject to hydrolysis) is 1. The molecule has 0 fully saturated rings. The second-order valence-corrected chi connectivity index (χ2v) is 6.97. The van der Waals surface area contributed by atoms with E-state index < -0.39 is 6.09 Å². The first kappa shape index (κ1) is 21.0. The summed E-state index contributed by atoms with van der Waals surface area (Å²) in [5.74, 6) is 0.498. The van der Waals surface area contributed by atoms with Gasteiger partial charge in [0.2, 0.25) is 11.7 Å². The van der Waals surface area contributed by atoms with Gasteiger partial charge in [-0.3, -0.25) is 9.20 Å². The van der Waals surface area contributed by atoms with Gasteiger partial charge in [0.15, 0.2) is 0 Å². The lowest BCUT2D eigenvalue weighted by atomic mass is 10.1. The lowest BCUT2D eigenvalue weighted by Gasteiger charge is -2.09. The number of imidazole rings is 1. The zero-order valence-electron chi connectivity index (χ0n) is 17.7. The highest BCUT2D eigenvalue weighted by Gasteiger charge is 2.15. The van der Waals surface area contributed by atoms with Crippen molar-refractivity contribution in [3.63, 3.8) is 0 Å². The minimum Gasteiger partial charge on any atom is -0.450 e. The summed E-state index contributed by atoms with van der Waals surface area (Å²) in [7, 11) is 0. The van der Waals surface area contributed by atoms with E-state index in [4.69, 9.17) is 9.26 Å². The van der Waals surface area contributed by atoms with Gasteiger partial charge in [-0.25, -0.2) is 9.78 Å². The Labute approximate surface area is 183 Å². The van der Waals surface area contributed by atoms with E-state index in [1.54, 1.807) is 29.8 Å². The lowest BCUT2D eigenvalue weighted by Crippen LogP contribution is -2.26. The number of nitrogens with one attached hydrogen (secondary N) is 2. The minimum absolute atomic E-state index is 0.275. The van der Waals surface area contributed by atoms with E-state index in [9.17, 15) is 9.59 Å². The van der Waals surface area contributed by atoms with Gasteiger partial charge in [0.1, 0.15) is 11.3 Å². The molecule has 2 amide bonds. The van der Waals surface area contributed by atoms with E-state index in [0.29, 0.717) is 53.9 Å². The Morgan fingerprint density at radius 2 is 2.09 bits per heavy atom. The standard InChI is InChI=1S/C22H22N6O4/c1-3-31-22(30)23-10-9-19-26-20(27-32-19)15-8-7-14(2)16(12-15)25-21(29)17-13-24-18-6-4-5-11-28(17)18/h4-8,11-13H,3,9-10H2,1-2H3,(H,23,30)(H,25,29). The number of ether oxygens (including phenoxy) is 1. The number of pyridine rings is 1. The number of hydrogen-bond donors (Lipinski definition) is 2. The Morgan fingerprint density at radius 3 is 2.94 bits per heavy atom. The van der Waals surface area contributed by atoms with Crippen LogP contribution < -0.4 is 10.6 Å². The highest BCUT2D eigenvalue weighted by Crippen LogP contribution is 2.24. The molecule has 0 bridgehead atoms. The van der Waals surface area contributed by atoms with Crippen LogP contribution in [0, 0.1) is 6.92 Å². The van der Waals surface area contributed by atoms with Gasteiger partial charge in [0, 0.05) is 30.4 Å². The van der Waals surface area contributed by atoms with Crippen molar-refractivity contribution in [2.45, 2.75) is 20.3 Å². The third-order valence-corrected chi connectivity index (χ3v) is 4.75. The monoisotopic (exact) mass is 434 g/mol. The summed E-state index contributed by atoms with van der Waals surface area (Å²) in [4.78, 5) is 32.8. The average molecular weight is 434 g/mol. The SMILES string of the molecule is CCOC(=O)NCCc1nc(-c2ccc(C)c(NC(=O)c3cnc4ccccn34)c2)no1. The normalized spacial score (nSPS) is 10.8. The summed E-state index contributed by atoms with van der Waals surface area (Å²) in [6, 6.07) is 11.1. The molecular weight excluding hydrogens is 412 g/mol. The fourth-order valence-electron chi connectivity index (χ4n) is 3.11. The molecule has 10 heteroatoms. The van der Waals surface area contributed by atoms with Crippen LogP contribution in [0.15, 0.2) is 53.3 Å². The predicted molar refractivity (Wildman–Crippen MR) is 116 cm³/mol. The number of carbonyl (C=O) groups is 2. The largest absolute Gasteiger partial charge is 0.450 e. The molecule has 0 saturated carbocycles. The van der Waals surface area contributed by atoms with Crippen LogP contribution in [0.3, 0.4) is 0 Å². The van der Waals surface area contributed by atoms with Crippen molar-refractivity contribution in [3.05, 3.63) is 65.9 Å². The van der Waals surface area contributed by atoms with Gasteiger partial charge in [-0.1, -0.05) is 23.4 Å². The van der Waals surface area contributed by atoms with Crippen molar-refractivity contribution in [1.82, 2.24) is 24.8 Å². The van der Waals surface area contributed by atoms with Crippen LogP contribution in [-0.4, -0.2) is 44.7 Å². The zero-order valence-corrected chi connectivity index (χ0v) is 17.7. The van der Waals surface area contributed by atoms with E-state index in [0.717, 1.165) is 5.56 Å². The number of carbonyl (C=O) groups excluding carboxylic acids is 2. The van der Waals surface area contributed by atoms with E-state index in [1.807, 2.05) is 37.3 Å². The van der Waals surface area contributed by atoms with Crippen molar-refractivity contribution < 1.29 is 18.8 Å². The molecule has 4 rings (SSSR count). The molecular formula is C22H22N6O4. The first-order valence-corrected chi connectivity index (χ1v) is 10.1. The predicted octanol–water partition coefficient (Wildman–Crippen LogP) is 3.23. The second kappa shape index (κ2) is 9.29. The van der Waals surface area contributed by atoms with Crippen LogP contribution in [0.4, 0.5) is 10.5 Å². The molecule has 164 valence electrons. The maximum atomic E-state index is 12.8. The molecule has 10 nitrogen and oxygen atoms in total. The summed E-state index contributed by atoms with van der Waals surface area (Å²) in [6.45, 7) is 4.26. The van der Waals surface area contributed by atoms with E-state index in [2.05, 4.69) is 25.8 Å². The number of aromatic nitrogens is 4. The van der Waals surface area contributed by atoms with Crippen LogP contribution in [0.25, 0.3) is 17.0 Å². The number of aryl methyl sites for hydroxylation is 1. The highest BCUT2D eigenvalue weighted by molar-refractivity contribution is 6.04. The number of amides is 2. The van der Waals surface area contributed by atoms with Crippen molar-refractivity contribution in [2.24, 2.45) is 0 Å². The molecule has 0 aliphatic rings. The number of fused-ring (bicyclic) bond motifs is 1. The summed E-state index contributed by atoms with van der Waals surface area (Å²) in [6.07, 6.45) is 3.21. The fraction of sp³-hybridized carbons (Fsp3) is 0.227. The van der Waals surface area contributed by atoms with Crippen molar-refractivity contribution in [3.8, 4) is 11.4 Å². The number of anilines is 1. The Bertz CT molecular complexity index is 1260. The third-order valence-electron chi connectivity index (χ3n) is 4.75. The van der Waals surface area contributed by atoms with Crippen LogP contribution >= 0.6 is 0 Å². The van der Waals surface area contributed by atoms with Crippen LogP contribution in [-0.2, 0) is 11.2 Å². The van der Waals surface area contributed by atoms with Gasteiger partial charge in [0.25, 0.3) is 5.91 Å². The molecule has 3 heterocycles. The first-order valence-electron chi connectivity index (χ1n) is 10.1. The van der Waals surface area contributed by atoms with Crippen molar-refractivity contribution in [1.29, 1.82) is 0 Å². The fourth-order valence-corrected chi connectivity index (χ4v) is 3.11. The lowest BCUT2D eigenvalue weighted by molar-refractivity contribution is 0.102. The van der Waals surface area contributed by atoms with Gasteiger partial charge in [-0.2, -0.15) is 4.98 Å². The first-order chi connectivity index (χ1) is 15.5. The number of benzene rings is 1. The van der Waals surface area contributed by atoms with Crippen molar-refractivity contribution in [2.75, 3.05) is 18.5 Å². The van der Waals surface area contributed by atoms with E-state index >= 15 is 0 Å². The molecule has 0 radical (unpaired) electrons. The molecule has 0 spiro atoms. The molecule has 0 unspecified atom stereocenters. The van der Waals surface area contributed by atoms with Crippen molar-refractivity contribution >= 4 is 23.3 Å². The molecule has 0 aliphatic carbocycles. The number of rotatable bonds is 7. The quantitative estimate of drug-likeness (QED) is 0.458. The molecule has 32 heavy (non-hydrogen) atoms. The van der Waals surface area contributed by atoms with Crippen LogP contribution in [0.1, 0.15) is 28.9 Å². The summed E-state index contributed by atoms with van der Waals surface area (Å²) in [5, 5.41) is 9.54. The Morgan fingerprint density at radius 1 is 1.22 bits per heavy atom. The van der Waals surface area contributed by atoms with Gasteiger partial charge < -0.3 is 19.9 Å². The molecule has 3 aromatic heterocycles. The molecule has 0 saturated heterocycles. The second-order valence-electron chi connectivity index (χ2n) is 6.97. The highest BCUT2D eigenvalue weighted by atomic mass is 16.5. The molecule has 2 N–H and O–H groups in total. The smallest absolute Gasteiger partial charge is 0.407 e. The van der Waals surface area contributed by atoms with E-state index in [-0.39, 0.29) is 5.91 Å². The summed E-state index contributed by atoms with van der Waals surface area (Å²) >= 11 is 0. The molecule has 0 aliphatic heterocycles. The van der Waals surface area contributed by atoms with Gasteiger partial charge in [-0.05, 0) is 37.6 Å². The number of hydrogen-bond acceptors (Lipinski definition) is 7. The van der Waals surface area contributed by atoms with Gasteiger partial charge >= 0.3 is 6.09 Å². The molecule has 0 atom stereocenters. The van der Waals surface area contributed by atoms with Crippen LogP contribution in [0.5, 0.6) is 0 Å². The van der Waals surface area contributed by atoms with Gasteiger partial charge in [0.05, 0.1) is 12.8 Å². The topological polar surface area (TPSA) is 124 Å². The zero-order chi connectivity index (χ0) is 22.5. The average Bonchev–Trinajstić information content (AvgIpc) is 3.43. The summed E-state index contributed by atoms with van der Waals surface area (Å²) in [5.41, 5.74) is 3.34. The maximum absolute atomic E-state index is 12.8. The molecule has 1 aromatic carbocycles. The summed E-state index contributed by atoms with van der Waals surface area (Å²) < 4.78 is 11.8. The Kier molecular flexibility index (Phi) is 6.11. The Hall–Kier alpha value is -4.21. The van der Waals surface area contributed by atoms with E-state index in [1.165, 1.54) is 0 Å². The minimum atomic E-state index is -0.489. The molecule has 4 aromatic rings. The maximum Gasteiger partial charge on any atom is 0.407 e. The Balaban J connectivity index is 1.47. The van der Waals surface area contributed by atoms with Crippen LogP contribution in [0.2, 0.25) is 0 Å². The van der Waals surface area contributed by atoms with Gasteiger partial charge in [-0.15, -0.1) is 0 Å². The third kappa shape index (κ3) is 4.59.